The van der Waals surface area contributed by atoms with E-state index < -0.39 is 0 Å². The van der Waals surface area contributed by atoms with E-state index in [0.29, 0.717) is 5.56 Å². The van der Waals surface area contributed by atoms with Crippen LogP contribution in [0.3, 0.4) is 0 Å². The van der Waals surface area contributed by atoms with Crippen LogP contribution in [-0.2, 0) is 0 Å². The highest BCUT2D eigenvalue weighted by Gasteiger charge is 2.25. The molecule has 4 rings (SSSR count). The second-order valence-corrected chi connectivity index (χ2v) is 6.68. The molecule has 0 amide bonds. The van der Waals surface area contributed by atoms with Gasteiger partial charge >= 0.3 is 0 Å². The summed E-state index contributed by atoms with van der Waals surface area (Å²) in [4.78, 5) is 19.3. The van der Waals surface area contributed by atoms with Gasteiger partial charge in [0.25, 0.3) is 0 Å². The maximum atomic E-state index is 13.0. The first-order valence-electron chi connectivity index (χ1n) is 7.96. The number of fused-ring (bicyclic) bond motifs is 3. The number of carbonyl (C=O) groups is 1. The smallest absolute Gasteiger partial charge is 0.173 e. The molecule has 0 N–H and O–H groups in total. The summed E-state index contributed by atoms with van der Waals surface area (Å²) in [5, 5.41) is 0.832. The molecule has 0 atom stereocenters. The lowest BCUT2D eigenvalue weighted by Crippen LogP contribution is -2.30. The number of anilines is 1. The standard InChI is InChI=1S/C20H15FN2OS.BrH/c21-15-10-8-14(9-11-15)19(24)13-25-20-18-7-3-4-12-23(18)17-6-2-1-5-16(17)22-20;/h1-11H,12-13H2;1H. The van der Waals surface area contributed by atoms with Gasteiger partial charge in [-0.1, -0.05) is 36.0 Å². The molecule has 2 aliphatic rings. The Kier molecular flexibility index (Phi) is 5.74. The van der Waals surface area contributed by atoms with Crippen LogP contribution in [0, 0.1) is 5.82 Å². The van der Waals surface area contributed by atoms with E-state index in [2.05, 4.69) is 17.0 Å². The summed E-state index contributed by atoms with van der Waals surface area (Å²) >= 11 is 1.42. The zero-order chi connectivity index (χ0) is 17.2. The Labute approximate surface area is 166 Å². The number of allylic oxidation sites excluding steroid dienone is 2. The topological polar surface area (TPSA) is 32.7 Å². The number of thioether (sulfide) groups is 1. The van der Waals surface area contributed by atoms with Crippen LogP contribution in [0.4, 0.5) is 15.8 Å². The minimum absolute atomic E-state index is 0. The van der Waals surface area contributed by atoms with Crippen molar-refractivity contribution in [2.75, 3.05) is 17.2 Å². The average molecular weight is 431 g/mol. The summed E-state index contributed by atoms with van der Waals surface area (Å²) in [6, 6.07) is 13.6. The summed E-state index contributed by atoms with van der Waals surface area (Å²) in [5.41, 5.74) is 3.51. The number of benzene rings is 2. The van der Waals surface area contributed by atoms with Crippen molar-refractivity contribution in [1.82, 2.24) is 0 Å². The second kappa shape index (κ2) is 8.01. The van der Waals surface area contributed by atoms with Gasteiger partial charge in [0.1, 0.15) is 10.9 Å². The van der Waals surface area contributed by atoms with E-state index in [9.17, 15) is 9.18 Å². The lowest BCUT2D eigenvalue weighted by Gasteiger charge is -2.33. The Bertz CT molecular complexity index is 922. The number of carbonyl (C=O) groups excluding carboxylic acids is 1. The molecule has 0 spiro atoms. The Morgan fingerprint density at radius 3 is 2.73 bits per heavy atom. The first-order valence-corrected chi connectivity index (χ1v) is 8.95. The maximum absolute atomic E-state index is 13.0. The number of hydrogen-bond acceptors (Lipinski definition) is 4. The van der Waals surface area contributed by atoms with Crippen molar-refractivity contribution >= 4 is 50.9 Å². The predicted molar refractivity (Wildman–Crippen MR) is 112 cm³/mol. The molecule has 2 aromatic carbocycles. The number of Topliss-reactive ketones (excluding diaryl/α,β-unsaturated/α-hetero) is 1. The molecule has 6 heteroatoms. The van der Waals surface area contributed by atoms with Crippen LogP contribution in [0.5, 0.6) is 0 Å². The molecule has 0 aliphatic carbocycles. The Balaban J connectivity index is 0.00000196. The van der Waals surface area contributed by atoms with E-state index in [0.717, 1.165) is 28.7 Å². The average Bonchev–Trinajstić information content (AvgIpc) is 2.66. The summed E-state index contributed by atoms with van der Waals surface area (Å²) < 4.78 is 13.0. The molecule has 2 aromatic rings. The third-order valence-corrected chi connectivity index (χ3v) is 5.07. The second-order valence-electron chi connectivity index (χ2n) is 5.72. The lowest BCUT2D eigenvalue weighted by molar-refractivity contribution is 0.102. The van der Waals surface area contributed by atoms with Gasteiger partial charge in [-0.05, 0) is 42.5 Å². The van der Waals surface area contributed by atoms with Gasteiger partial charge in [-0.25, -0.2) is 9.38 Å². The predicted octanol–water partition coefficient (Wildman–Crippen LogP) is 5.32. The number of halogens is 2. The van der Waals surface area contributed by atoms with Crippen molar-refractivity contribution in [3.8, 4) is 0 Å². The fourth-order valence-corrected chi connectivity index (χ4v) is 3.76. The highest BCUT2D eigenvalue weighted by Crippen LogP contribution is 2.39. The third-order valence-electron chi connectivity index (χ3n) is 4.09. The summed E-state index contributed by atoms with van der Waals surface area (Å²) in [7, 11) is 0. The fourth-order valence-electron chi connectivity index (χ4n) is 2.84. The summed E-state index contributed by atoms with van der Waals surface area (Å²) in [5.74, 6) is -0.112. The highest BCUT2D eigenvalue weighted by molar-refractivity contribution is 8.93. The molecule has 0 fully saturated rings. The van der Waals surface area contributed by atoms with Gasteiger partial charge in [0.05, 0.1) is 22.8 Å². The summed E-state index contributed by atoms with van der Waals surface area (Å²) in [6.07, 6.45) is 6.13. The Hall–Kier alpha value is -2.18. The number of hydrogen-bond donors (Lipinski definition) is 0. The van der Waals surface area contributed by atoms with Crippen LogP contribution in [0.25, 0.3) is 0 Å². The van der Waals surface area contributed by atoms with Crippen molar-refractivity contribution in [3.63, 3.8) is 0 Å². The molecule has 0 aromatic heterocycles. The van der Waals surface area contributed by atoms with E-state index in [1.54, 1.807) is 0 Å². The molecule has 132 valence electrons. The highest BCUT2D eigenvalue weighted by atomic mass is 79.9. The molecule has 3 nitrogen and oxygen atoms in total. The van der Waals surface area contributed by atoms with Crippen molar-refractivity contribution in [2.24, 2.45) is 4.99 Å². The SMILES string of the molecule is Br.O=C(CSC1=Nc2ccccc2N2CC=CC=C12)c1ccc(F)cc1. The minimum Gasteiger partial charge on any atom is -0.334 e. The number of aliphatic imine (C=N–C) groups is 1. The number of ketones is 1. The molecule has 0 saturated heterocycles. The van der Waals surface area contributed by atoms with Crippen LogP contribution in [0.2, 0.25) is 0 Å². The molecule has 2 heterocycles. The monoisotopic (exact) mass is 430 g/mol. The Morgan fingerprint density at radius 1 is 1.15 bits per heavy atom. The zero-order valence-corrected chi connectivity index (χ0v) is 16.3. The van der Waals surface area contributed by atoms with Gasteiger partial charge in [-0.15, -0.1) is 17.0 Å². The molecular formula is C20H16BrFN2OS. The summed E-state index contributed by atoms with van der Waals surface area (Å²) in [6.45, 7) is 0.786. The lowest BCUT2D eigenvalue weighted by atomic mass is 10.1. The first kappa shape index (κ1) is 18.6. The van der Waals surface area contributed by atoms with Gasteiger partial charge in [-0.2, -0.15) is 0 Å². The van der Waals surface area contributed by atoms with Crippen molar-refractivity contribution in [1.29, 1.82) is 0 Å². The fraction of sp³-hybridized carbons (Fsp3) is 0.100. The molecule has 0 saturated carbocycles. The van der Waals surface area contributed by atoms with Gasteiger partial charge in [0.2, 0.25) is 0 Å². The minimum atomic E-state index is -0.341. The largest absolute Gasteiger partial charge is 0.334 e. The van der Waals surface area contributed by atoms with Gasteiger partial charge in [0, 0.05) is 12.1 Å². The van der Waals surface area contributed by atoms with Crippen molar-refractivity contribution in [3.05, 3.63) is 83.8 Å². The molecule has 26 heavy (non-hydrogen) atoms. The van der Waals surface area contributed by atoms with Crippen LogP contribution in [0.1, 0.15) is 10.4 Å². The van der Waals surface area contributed by atoms with Crippen LogP contribution in [-0.4, -0.2) is 23.1 Å². The number of rotatable bonds is 3. The molecule has 0 bridgehead atoms. The van der Waals surface area contributed by atoms with Crippen molar-refractivity contribution in [2.45, 2.75) is 0 Å². The van der Waals surface area contributed by atoms with Gasteiger partial charge < -0.3 is 4.90 Å². The normalized spacial score (nSPS) is 14.6. The van der Waals surface area contributed by atoms with Gasteiger partial charge in [0.15, 0.2) is 5.78 Å². The van der Waals surface area contributed by atoms with Crippen LogP contribution in [0.15, 0.2) is 77.4 Å². The van der Waals surface area contributed by atoms with E-state index >= 15 is 0 Å². The quantitative estimate of drug-likeness (QED) is 0.617. The maximum Gasteiger partial charge on any atom is 0.173 e. The van der Waals surface area contributed by atoms with Gasteiger partial charge in [-0.3, -0.25) is 4.79 Å². The van der Waals surface area contributed by atoms with Crippen LogP contribution >= 0.6 is 28.7 Å². The zero-order valence-electron chi connectivity index (χ0n) is 13.8. The van der Waals surface area contributed by atoms with Crippen LogP contribution < -0.4 is 4.90 Å². The van der Waals surface area contributed by atoms with E-state index in [1.165, 1.54) is 36.0 Å². The molecular weight excluding hydrogens is 415 g/mol. The van der Waals surface area contributed by atoms with Crippen molar-refractivity contribution < 1.29 is 9.18 Å². The number of para-hydroxylation sites is 2. The van der Waals surface area contributed by atoms with E-state index in [4.69, 9.17) is 4.99 Å². The van der Waals surface area contributed by atoms with E-state index in [-0.39, 0.29) is 34.3 Å². The molecule has 0 unspecified atom stereocenters. The van der Waals surface area contributed by atoms with E-state index in [1.807, 2.05) is 30.4 Å². The molecule has 2 aliphatic heterocycles. The number of nitrogens with zero attached hydrogens (tertiary/aromatic N) is 2. The molecule has 0 radical (unpaired) electrons. The third kappa shape index (κ3) is 3.66. The first-order chi connectivity index (χ1) is 12.2. The Morgan fingerprint density at radius 2 is 1.92 bits per heavy atom.